The molecule has 1 unspecified atom stereocenters. The van der Waals surface area contributed by atoms with Gasteiger partial charge in [-0.3, -0.25) is 4.52 Å². The molecule has 7 nitrogen and oxygen atoms in total. The Kier molecular flexibility index (Phi) is 14.2. The van der Waals surface area contributed by atoms with Crippen LogP contribution < -0.4 is 0 Å². The predicted octanol–water partition coefficient (Wildman–Crippen LogP) is 6.44. The minimum Gasteiger partial charge on any atom is -0.302 e. The normalized spacial score (nSPS) is 16.4. The van der Waals surface area contributed by atoms with E-state index in [4.69, 9.17) is 9.79 Å². The molecule has 3 N–H and O–H groups in total. The van der Waals surface area contributed by atoms with Gasteiger partial charge in [-0.05, 0) is 78.6 Å². The summed E-state index contributed by atoms with van der Waals surface area (Å²) < 4.78 is 30.3. The fourth-order valence-corrected chi connectivity index (χ4v) is 4.22. The van der Waals surface area contributed by atoms with E-state index in [1.54, 1.807) is 0 Å². The Labute approximate surface area is 175 Å². The Bertz CT molecular complexity index is 658. The molecular formula is C20H38O7P2. The van der Waals surface area contributed by atoms with Crippen molar-refractivity contribution in [2.45, 2.75) is 79.6 Å². The summed E-state index contributed by atoms with van der Waals surface area (Å²) in [5.41, 5.74) is 4.13. The molecule has 29 heavy (non-hydrogen) atoms. The zero-order valence-electron chi connectivity index (χ0n) is 18.3. The maximum absolute atomic E-state index is 11.4. The first kappa shape index (κ1) is 28.5. The average molecular weight is 452 g/mol. The van der Waals surface area contributed by atoms with Crippen LogP contribution in [0.5, 0.6) is 0 Å². The van der Waals surface area contributed by atoms with E-state index in [9.17, 15) is 14.0 Å². The van der Waals surface area contributed by atoms with Crippen LogP contribution in [-0.2, 0) is 18.0 Å². The maximum atomic E-state index is 11.4. The quantitative estimate of drug-likeness (QED) is 0.194. The van der Waals surface area contributed by atoms with Gasteiger partial charge in [-0.25, -0.2) is 9.13 Å². The molecule has 0 rings (SSSR count). The summed E-state index contributed by atoms with van der Waals surface area (Å²) in [4.78, 5) is 26.3. The largest absolute Gasteiger partial charge is 0.481 e. The van der Waals surface area contributed by atoms with Crippen molar-refractivity contribution >= 4 is 15.6 Å². The van der Waals surface area contributed by atoms with Crippen LogP contribution in [0.2, 0.25) is 0 Å². The van der Waals surface area contributed by atoms with Crippen molar-refractivity contribution in [3.8, 4) is 0 Å². The lowest BCUT2D eigenvalue weighted by Gasteiger charge is -2.14. The topological polar surface area (TPSA) is 113 Å². The first-order valence-corrected chi connectivity index (χ1v) is 13.0. The summed E-state index contributed by atoms with van der Waals surface area (Å²) in [5.74, 6) is 0.242. The van der Waals surface area contributed by atoms with Gasteiger partial charge in [0.1, 0.15) is 0 Å². The second kappa shape index (κ2) is 14.5. The second-order valence-electron chi connectivity index (χ2n) is 7.80. The lowest BCUT2D eigenvalue weighted by molar-refractivity contribution is 0.170. The van der Waals surface area contributed by atoms with Gasteiger partial charge in [0.15, 0.2) is 0 Å². The zero-order valence-corrected chi connectivity index (χ0v) is 20.1. The Hall–Kier alpha value is -0.520. The van der Waals surface area contributed by atoms with Crippen LogP contribution in [0.15, 0.2) is 34.9 Å². The molecule has 0 aliphatic rings. The van der Waals surface area contributed by atoms with Gasteiger partial charge in [-0.15, -0.1) is 0 Å². The number of rotatable bonds is 15. The molecule has 0 bridgehead atoms. The summed E-state index contributed by atoms with van der Waals surface area (Å²) in [6.45, 7) is 10.4. The van der Waals surface area contributed by atoms with E-state index in [1.165, 1.54) is 16.7 Å². The third-order valence-corrected chi connectivity index (χ3v) is 6.53. The summed E-state index contributed by atoms with van der Waals surface area (Å²) >= 11 is 0. The van der Waals surface area contributed by atoms with Crippen LogP contribution in [0.3, 0.4) is 0 Å². The molecule has 0 spiro atoms. The van der Waals surface area contributed by atoms with Crippen LogP contribution >= 0.6 is 15.6 Å². The highest BCUT2D eigenvalue weighted by atomic mass is 31.3. The molecule has 0 amide bonds. The van der Waals surface area contributed by atoms with E-state index in [1.807, 2.05) is 6.92 Å². The van der Waals surface area contributed by atoms with Crippen molar-refractivity contribution in [1.29, 1.82) is 0 Å². The molecule has 0 aromatic heterocycles. The molecule has 0 fully saturated rings. The van der Waals surface area contributed by atoms with Crippen LogP contribution in [0.25, 0.3) is 0 Å². The second-order valence-corrected chi connectivity index (χ2v) is 10.6. The fourth-order valence-electron chi connectivity index (χ4n) is 2.62. The standard InChI is InChI=1S/C20H38O7P2/c1-17(2)9-6-10-18(3)11-7-12-19(4)13-8-14-20(5)15-16-26-29(24,25)27-28(21,22)23/h9,11,13,20H,6-8,10,12,14-16H2,1-5H3,(H,24,25)(H2,21,22,23)/b18-11+,19-13+/t20-/m1/s1. The smallest absolute Gasteiger partial charge is 0.302 e. The monoisotopic (exact) mass is 452 g/mol. The number of phosphoric ester groups is 1. The number of hydrogen-bond acceptors (Lipinski definition) is 4. The van der Waals surface area contributed by atoms with Crippen LogP contribution in [0.1, 0.15) is 79.6 Å². The van der Waals surface area contributed by atoms with Crippen LogP contribution in [-0.4, -0.2) is 21.3 Å². The van der Waals surface area contributed by atoms with Crippen molar-refractivity contribution in [2.75, 3.05) is 6.61 Å². The Morgan fingerprint density at radius 3 is 1.90 bits per heavy atom. The first-order valence-electron chi connectivity index (χ1n) is 9.99. The van der Waals surface area contributed by atoms with E-state index in [2.05, 4.69) is 54.8 Å². The molecule has 2 atom stereocenters. The molecule has 0 radical (unpaired) electrons. The third-order valence-electron chi connectivity index (χ3n) is 4.35. The summed E-state index contributed by atoms with van der Waals surface area (Å²) in [5, 5.41) is 0. The molecule has 0 saturated heterocycles. The van der Waals surface area contributed by atoms with E-state index < -0.39 is 15.6 Å². The van der Waals surface area contributed by atoms with Gasteiger partial charge in [-0.2, -0.15) is 4.31 Å². The van der Waals surface area contributed by atoms with Gasteiger partial charge in [0, 0.05) is 0 Å². The molecule has 0 aromatic rings. The minimum atomic E-state index is -5.06. The van der Waals surface area contributed by atoms with Crippen molar-refractivity contribution in [1.82, 2.24) is 0 Å². The third kappa shape index (κ3) is 19.2. The highest BCUT2D eigenvalue weighted by molar-refractivity contribution is 7.60. The molecule has 0 aliphatic heterocycles. The van der Waals surface area contributed by atoms with Gasteiger partial charge >= 0.3 is 15.6 Å². The van der Waals surface area contributed by atoms with Crippen LogP contribution in [0, 0.1) is 5.92 Å². The number of allylic oxidation sites excluding steroid dienone is 6. The molecule has 0 aliphatic carbocycles. The Balaban J connectivity index is 4.05. The van der Waals surface area contributed by atoms with Crippen molar-refractivity contribution in [3.05, 3.63) is 34.9 Å². The molecule has 9 heteroatoms. The van der Waals surface area contributed by atoms with Gasteiger partial charge in [0.2, 0.25) is 0 Å². The summed E-state index contributed by atoms with van der Waals surface area (Å²) in [6, 6.07) is 0. The maximum Gasteiger partial charge on any atom is 0.481 e. The molecular weight excluding hydrogens is 414 g/mol. The lowest BCUT2D eigenvalue weighted by atomic mass is 10.0. The fraction of sp³-hybridized carbons (Fsp3) is 0.700. The highest BCUT2D eigenvalue weighted by Crippen LogP contribution is 2.57. The van der Waals surface area contributed by atoms with E-state index in [-0.39, 0.29) is 12.5 Å². The van der Waals surface area contributed by atoms with E-state index in [0.717, 1.165) is 38.5 Å². The lowest BCUT2D eigenvalue weighted by Crippen LogP contribution is -2.02. The highest BCUT2D eigenvalue weighted by Gasteiger charge is 2.32. The van der Waals surface area contributed by atoms with Crippen molar-refractivity contribution in [2.24, 2.45) is 5.92 Å². The average Bonchev–Trinajstić information content (AvgIpc) is 2.51. The number of hydrogen-bond donors (Lipinski definition) is 3. The first-order chi connectivity index (χ1) is 13.3. The zero-order chi connectivity index (χ0) is 22.5. The van der Waals surface area contributed by atoms with E-state index >= 15 is 0 Å². The van der Waals surface area contributed by atoms with Gasteiger partial charge in [-0.1, -0.05) is 41.9 Å². The minimum absolute atomic E-state index is 0.103. The number of phosphoric acid groups is 2. The molecule has 170 valence electrons. The SMILES string of the molecule is CC(C)=CCC/C(C)=C/CC/C(C)=C/CC[C@@H](C)CCOP(=O)(O)OP(=O)(O)O. The summed E-state index contributed by atoms with van der Waals surface area (Å²) in [6.07, 6.45) is 13.4. The van der Waals surface area contributed by atoms with Crippen LogP contribution in [0.4, 0.5) is 0 Å². The van der Waals surface area contributed by atoms with Crippen molar-refractivity contribution in [3.63, 3.8) is 0 Å². The van der Waals surface area contributed by atoms with Crippen molar-refractivity contribution < 1.29 is 32.6 Å². The van der Waals surface area contributed by atoms with Gasteiger partial charge in [0.05, 0.1) is 6.61 Å². The Morgan fingerprint density at radius 2 is 1.38 bits per heavy atom. The molecule has 0 heterocycles. The van der Waals surface area contributed by atoms with Gasteiger partial charge in [0.25, 0.3) is 0 Å². The molecule has 0 saturated carbocycles. The summed E-state index contributed by atoms with van der Waals surface area (Å²) in [7, 11) is -9.79. The van der Waals surface area contributed by atoms with Gasteiger partial charge < -0.3 is 14.7 Å². The predicted molar refractivity (Wildman–Crippen MR) is 117 cm³/mol. The Morgan fingerprint density at radius 1 is 0.862 bits per heavy atom. The molecule has 0 aromatic carbocycles. The van der Waals surface area contributed by atoms with E-state index in [0.29, 0.717) is 6.42 Å².